The second-order valence-corrected chi connectivity index (χ2v) is 34.6. The van der Waals surface area contributed by atoms with Gasteiger partial charge in [0.25, 0.3) is 0 Å². The Balaban J connectivity index is 0.000000155. The molecule has 0 bridgehead atoms. The topological polar surface area (TPSA) is 403 Å². The third-order valence-electron chi connectivity index (χ3n) is 22.4. The normalized spacial score (nSPS) is 15.4. The summed E-state index contributed by atoms with van der Waals surface area (Å²) in [6.07, 6.45) is 27.3. The molecule has 0 radical (unpaired) electrons. The van der Waals surface area contributed by atoms with E-state index in [1.807, 2.05) is 121 Å². The van der Waals surface area contributed by atoms with E-state index in [1.54, 1.807) is 50.9 Å². The van der Waals surface area contributed by atoms with Crippen LogP contribution >= 0.6 is 46.4 Å². The Morgan fingerprint density at radius 3 is 0.945 bits per heavy atom. The number of aliphatic hydroxyl groups excluding tert-OH is 1. The van der Waals surface area contributed by atoms with Crippen LogP contribution in [0.15, 0.2) is 196 Å². The number of benzene rings is 4. The van der Waals surface area contributed by atoms with E-state index in [2.05, 4.69) is 104 Å². The van der Waals surface area contributed by atoms with Gasteiger partial charge in [-0.1, -0.05) is 102 Å². The van der Waals surface area contributed by atoms with Gasteiger partial charge in [0.05, 0.1) is 42.2 Å². The van der Waals surface area contributed by atoms with Crippen molar-refractivity contribution < 1.29 is 47.7 Å². The highest BCUT2D eigenvalue weighted by Gasteiger charge is 2.34. The average Bonchev–Trinajstić information content (AvgIpc) is 1.66. The summed E-state index contributed by atoms with van der Waals surface area (Å²) in [5, 5.41) is 59.6. The first-order valence-electron chi connectivity index (χ1n) is 41.9. The molecule has 0 spiro atoms. The number of methoxy groups -OCH3 is 1. The van der Waals surface area contributed by atoms with Gasteiger partial charge in [-0.15, -0.1) is 0 Å². The number of carbonyl (C=O) groups excluding carboxylic acids is 2. The Hall–Kier alpha value is -11.3. The molecule has 0 amide bonds. The highest BCUT2D eigenvalue weighted by molar-refractivity contribution is 7.88. The number of rotatable bonds is 24. The lowest BCUT2D eigenvalue weighted by molar-refractivity contribution is -0.132. The summed E-state index contributed by atoms with van der Waals surface area (Å²) in [7, 11) is -1.41. The second-order valence-electron chi connectivity index (χ2n) is 30.9. The summed E-state index contributed by atoms with van der Waals surface area (Å²) >= 11 is 24.2. The molecule has 8 aromatic heterocycles. The maximum Gasteiger partial charge on any atom is 0.328 e. The number of hydrogen-bond donors (Lipinski definition) is 7. The summed E-state index contributed by atoms with van der Waals surface area (Å²) in [4.78, 5) is 80.9. The van der Waals surface area contributed by atoms with Crippen LogP contribution in [0.1, 0.15) is 132 Å². The zero-order valence-corrected chi connectivity index (χ0v) is 75.3. The van der Waals surface area contributed by atoms with Gasteiger partial charge in [-0.05, 0) is 203 Å². The van der Waals surface area contributed by atoms with Gasteiger partial charge in [-0.25, -0.2) is 62.2 Å². The van der Waals surface area contributed by atoms with Crippen molar-refractivity contribution >= 4 is 79.9 Å². The Morgan fingerprint density at radius 1 is 0.441 bits per heavy atom. The number of aromatic amines is 4. The fraction of sp³-hybridized carbons (Fsp3) is 0.348. The molecule has 12 heterocycles. The lowest BCUT2D eigenvalue weighted by Gasteiger charge is -2.35. The zero-order valence-electron chi connectivity index (χ0n) is 71.5. The number of allylic oxidation sites excluding steroid dienone is 2. The van der Waals surface area contributed by atoms with Crippen LogP contribution in [0, 0.1) is 0 Å². The third-order valence-corrected chi connectivity index (χ3v) is 24.7. The van der Waals surface area contributed by atoms with Crippen molar-refractivity contribution in [2.45, 2.75) is 115 Å². The minimum atomic E-state index is -3.16. The van der Waals surface area contributed by atoms with Gasteiger partial charge in [0.15, 0.2) is 11.6 Å². The number of aliphatic hydroxyl groups is 1. The third kappa shape index (κ3) is 27.6. The average molecular weight is 1820 g/mol. The van der Waals surface area contributed by atoms with Crippen LogP contribution in [-0.4, -0.2) is 245 Å². The quantitative estimate of drug-likeness (QED) is 0.0276. The number of ketones is 2. The number of piperidine rings is 4. The largest absolute Gasteiger partial charge is 0.478 e. The summed E-state index contributed by atoms with van der Waals surface area (Å²) in [6, 6.07) is 39.2. The Labute approximate surface area is 758 Å². The summed E-state index contributed by atoms with van der Waals surface area (Å²) in [5.74, 6) is -1.26. The molecule has 666 valence electrons. The van der Waals surface area contributed by atoms with Gasteiger partial charge in [-0.2, -0.15) is 20.4 Å². The lowest BCUT2D eigenvalue weighted by Crippen LogP contribution is -2.39. The molecular weight excluding hydrogens is 1720 g/mol. The number of aliphatic carboxylic acids is 2. The molecule has 4 aliphatic rings. The van der Waals surface area contributed by atoms with Gasteiger partial charge in [-0.3, -0.25) is 30.0 Å². The van der Waals surface area contributed by atoms with E-state index in [0.717, 1.165) is 247 Å². The molecule has 12 aromatic rings. The number of likely N-dealkylation sites (tertiary alicyclic amines) is 3. The van der Waals surface area contributed by atoms with E-state index < -0.39 is 22.0 Å². The molecule has 30 nitrogen and oxygen atoms in total. The smallest absolute Gasteiger partial charge is 0.328 e. The second kappa shape index (κ2) is 48.0. The number of H-pyrrole nitrogens is 4. The van der Waals surface area contributed by atoms with Crippen molar-refractivity contribution in [3.8, 4) is 90.1 Å². The van der Waals surface area contributed by atoms with Crippen LogP contribution in [0.3, 0.4) is 0 Å². The van der Waals surface area contributed by atoms with Gasteiger partial charge in [0.2, 0.25) is 10.0 Å². The van der Waals surface area contributed by atoms with Gasteiger partial charge < -0.3 is 34.8 Å². The molecule has 4 aliphatic heterocycles. The van der Waals surface area contributed by atoms with Crippen LogP contribution in [-0.2, 0) is 33.9 Å². The number of hydrogen-bond acceptors (Lipinski definition) is 23. The number of ether oxygens (including phenoxy) is 1. The first kappa shape index (κ1) is 96.3. The minimum absolute atomic E-state index is 0.177. The number of carbonyl (C=O) groups is 4. The maximum atomic E-state index is 11.8. The van der Waals surface area contributed by atoms with Crippen LogP contribution in [0.5, 0.6) is 0 Å². The van der Waals surface area contributed by atoms with E-state index in [-0.39, 0.29) is 24.1 Å². The maximum absolute atomic E-state index is 11.8. The Bertz CT molecular complexity index is 5590. The van der Waals surface area contributed by atoms with E-state index in [4.69, 9.17) is 71.6 Å². The van der Waals surface area contributed by atoms with Gasteiger partial charge >= 0.3 is 11.9 Å². The predicted molar refractivity (Wildman–Crippen MR) is 493 cm³/mol. The highest BCUT2D eigenvalue weighted by atomic mass is 35.5. The predicted octanol–water partition coefficient (Wildman–Crippen LogP) is 16.3. The number of carboxylic acid groups (broad SMARTS) is 2. The van der Waals surface area contributed by atoms with E-state index in [9.17, 15) is 27.6 Å². The number of nitrogens with one attached hydrogen (secondary N) is 4. The zero-order chi connectivity index (χ0) is 90.4. The van der Waals surface area contributed by atoms with E-state index >= 15 is 0 Å². The fourth-order valence-corrected chi connectivity index (χ4v) is 17.0. The molecular formula is C92H104Cl4N20O10S. The van der Waals surface area contributed by atoms with Gasteiger partial charge in [0, 0.05) is 187 Å². The monoisotopic (exact) mass is 1820 g/mol. The number of carboxylic acids is 2. The standard InChI is InChI=1S/C22H26ClN5.C21H24ClN5O.C20H22ClN5O.C19H20ClN5O2S.2C5H6O3/c1-3-15(2)28-12-9-17(10-13-28)22-20(19-8-11-24-14-25-19)21(26-27-22)16-4-6-18(23)7-5-16;1-28-13-12-27-10-7-16(8-11-27)21-19(18-6-9-23-14-24-18)20(25-26-21)15-2-4-17(22)5-3-15;21-16-3-1-14(2-4-16)19-18(17-5-8-22-13-23-17)20(25-24-19)15-6-9-26(10-7-15)11-12-27;1-28(26,27)25-10-7-14(8-11-25)19-17(16-6-9-21-12-22-16)18(23-24-19)13-2-4-15(20)5-3-13;2*1-4(6)2-3-5(7)8/h4-8,11,14-15,17H,3,9-10,12-13H2,1-2H3,(H,26,27);2-6,9,14,16H,7-8,10-13H2,1H3,(H,25,26);1-5,8,13,15,27H,6-7,9-12H2,(H,24,25);2-6,9,12,14H,7-8,10-11H2,1H3,(H,23,24);2*2-3H,1H3,(H,7,8)/b;;;;2*3-2+. The van der Waals surface area contributed by atoms with Crippen molar-refractivity contribution in [3.63, 3.8) is 0 Å². The summed E-state index contributed by atoms with van der Waals surface area (Å²) in [5.41, 5.74) is 19.6. The van der Waals surface area contributed by atoms with Crippen molar-refractivity contribution in [2.75, 3.05) is 92.0 Å². The summed E-state index contributed by atoms with van der Waals surface area (Å²) in [6.45, 7) is 17.2. The molecule has 0 saturated carbocycles. The van der Waals surface area contributed by atoms with Crippen LogP contribution in [0.4, 0.5) is 0 Å². The molecule has 35 heteroatoms. The van der Waals surface area contributed by atoms with Gasteiger partial charge in [0.1, 0.15) is 48.1 Å². The number of nitrogens with zero attached hydrogens (tertiary/aromatic N) is 16. The molecule has 7 N–H and O–H groups in total. The first-order valence-corrected chi connectivity index (χ1v) is 45.2. The molecule has 127 heavy (non-hydrogen) atoms. The number of sulfonamides is 1. The fourth-order valence-electron chi connectivity index (χ4n) is 15.7. The van der Waals surface area contributed by atoms with Crippen LogP contribution in [0.2, 0.25) is 20.1 Å². The molecule has 16 rings (SSSR count). The van der Waals surface area contributed by atoms with Crippen LogP contribution in [0.25, 0.3) is 90.1 Å². The van der Waals surface area contributed by atoms with E-state index in [0.29, 0.717) is 52.0 Å². The minimum Gasteiger partial charge on any atom is -0.478 e. The van der Waals surface area contributed by atoms with E-state index in [1.165, 1.54) is 42.9 Å². The number of halogens is 4. The number of aromatic nitrogens is 16. The molecule has 4 saturated heterocycles. The highest BCUT2D eigenvalue weighted by Crippen LogP contribution is 2.45. The lowest BCUT2D eigenvalue weighted by atomic mass is 9.88. The Kier molecular flexibility index (Phi) is 36.4. The van der Waals surface area contributed by atoms with Crippen LogP contribution < -0.4 is 0 Å². The molecule has 4 fully saturated rings. The van der Waals surface area contributed by atoms with Crippen molar-refractivity contribution in [3.05, 3.63) is 239 Å². The molecule has 4 aromatic carbocycles. The SMILES string of the molecule is CC(=O)/C=C/C(=O)O.CC(=O)/C=C/C(=O)O.CCC(C)N1CCC(c2[nH]nc(-c3ccc(Cl)cc3)c2-c2ccncn2)CC1.COCCN1CCC(c2[nH]nc(-c3ccc(Cl)cc3)c2-c2ccncn2)CC1.CS(=O)(=O)N1CCC(c2[nH]nc(-c3ccc(Cl)cc3)c2-c2ccncn2)CC1.OCCN1CCC(c2[nH]nc(-c3ccc(Cl)cc3)c2-c2ccncn2)CC1. The molecule has 1 unspecified atom stereocenters. The first-order chi connectivity index (χ1) is 61.4. The number of β-amino-alcohol motifs (C(OH)–C–C–N with tert-alkyl or cyclic N) is 1. The van der Waals surface area contributed by atoms with Crippen molar-refractivity contribution in [1.82, 2.24) is 99.7 Å². The van der Waals surface area contributed by atoms with Crippen molar-refractivity contribution in [2.24, 2.45) is 0 Å². The summed E-state index contributed by atoms with van der Waals surface area (Å²) < 4.78 is 30.4. The Morgan fingerprint density at radius 2 is 0.717 bits per heavy atom. The molecule has 1 atom stereocenters. The van der Waals surface area contributed by atoms with Crippen molar-refractivity contribution in [1.29, 1.82) is 0 Å². The molecule has 0 aliphatic carbocycles.